The van der Waals surface area contributed by atoms with Crippen LogP contribution in [-0.4, -0.2) is 41.1 Å². The number of ether oxygens (including phenoxy) is 2. The van der Waals surface area contributed by atoms with Gasteiger partial charge >= 0.3 is 0 Å². The summed E-state index contributed by atoms with van der Waals surface area (Å²) < 4.78 is 11.1. The van der Waals surface area contributed by atoms with E-state index in [0.717, 1.165) is 28.2 Å². The topological polar surface area (TPSA) is 88.6 Å². The van der Waals surface area contributed by atoms with Gasteiger partial charge < -0.3 is 14.5 Å². The van der Waals surface area contributed by atoms with E-state index < -0.39 is 0 Å². The Kier molecular flexibility index (Phi) is 7.35. The summed E-state index contributed by atoms with van der Waals surface area (Å²) in [7, 11) is 1.59. The van der Waals surface area contributed by atoms with Crippen LogP contribution in [0.2, 0.25) is 0 Å². The zero-order valence-electron chi connectivity index (χ0n) is 17.6. The summed E-state index contributed by atoms with van der Waals surface area (Å²) in [6.07, 6.45) is 2.43. The maximum absolute atomic E-state index is 12.5. The van der Waals surface area contributed by atoms with Gasteiger partial charge in [-0.25, -0.2) is 10.4 Å². The van der Waals surface area contributed by atoms with Crippen molar-refractivity contribution in [2.45, 2.75) is 37.6 Å². The highest BCUT2D eigenvalue weighted by atomic mass is 32.2. The Labute approximate surface area is 180 Å². The number of hydrazone groups is 1. The molecule has 0 saturated carbocycles. The van der Waals surface area contributed by atoms with Crippen LogP contribution in [0.5, 0.6) is 11.5 Å². The molecule has 8 heteroatoms. The van der Waals surface area contributed by atoms with Crippen LogP contribution < -0.4 is 14.9 Å². The van der Waals surface area contributed by atoms with Gasteiger partial charge in [0.15, 0.2) is 16.7 Å². The second kappa shape index (κ2) is 10.2. The molecule has 3 aromatic rings. The molecule has 2 N–H and O–H groups in total. The Balaban J connectivity index is 1.73. The highest BCUT2D eigenvalue weighted by Crippen LogP contribution is 2.30. The minimum absolute atomic E-state index is 0.306. The van der Waals surface area contributed by atoms with Gasteiger partial charge in [0.25, 0.3) is 5.91 Å². The predicted octanol–water partition coefficient (Wildman–Crippen LogP) is 4.62. The van der Waals surface area contributed by atoms with Crippen LogP contribution in [0, 0.1) is 0 Å². The van der Waals surface area contributed by atoms with E-state index in [9.17, 15) is 4.79 Å². The molecule has 0 fully saturated rings. The summed E-state index contributed by atoms with van der Waals surface area (Å²) >= 11 is 1.65. The minimum Gasteiger partial charge on any atom is -0.493 e. The number of benzene rings is 2. The van der Waals surface area contributed by atoms with Crippen molar-refractivity contribution in [1.29, 1.82) is 0 Å². The van der Waals surface area contributed by atoms with Crippen LogP contribution in [0.4, 0.5) is 0 Å². The molecule has 2 aromatic carbocycles. The lowest BCUT2D eigenvalue weighted by atomic mass is 10.2. The first-order valence-electron chi connectivity index (χ1n) is 9.81. The van der Waals surface area contributed by atoms with E-state index in [1.807, 2.05) is 31.2 Å². The van der Waals surface area contributed by atoms with Crippen molar-refractivity contribution < 1.29 is 14.3 Å². The molecular weight excluding hydrogens is 400 g/mol. The largest absolute Gasteiger partial charge is 0.493 e. The third-order valence-corrected chi connectivity index (χ3v) is 5.01. The number of nitrogens with zero attached hydrogens (tertiary/aromatic N) is 2. The Hall–Kier alpha value is -3.00. The average molecular weight is 427 g/mol. The molecule has 0 radical (unpaired) electrons. The van der Waals surface area contributed by atoms with Crippen LogP contribution in [0.15, 0.2) is 46.7 Å². The van der Waals surface area contributed by atoms with E-state index in [-0.39, 0.29) is 5.91 Å². The fourth-order valence-corrected chi connectivity index (χ4v) is 3.55. The standard InChI is InChI=1S/C22H26N4O3S/c1-5-11-29-20-16(7-6-8-19(20)28-4)13-23-26-21(27)15-9-10-17-18(12-15)25-22(24-17)30-14(2)3/h6-10,12-14H,5,11H2,1-4H3,(H,24,25)(H,26,27)/b23-13-. The number of nitrogens with one attached hydrogen (secondary N) is 2. The summed E-state index contributed by atoms with van der Waals surface area (Å²) in [5.74, 6) is 0.923. The number of carbonyl (C=O) groups excluding carboxylic acids is 1. The summed E-state index contributed by atoms with van der Waals surface area (Å²) in [5, 5.41) is 5.36. The van der Waals surface area contributed by atoms with Gasteiger partial charge in [0.05, 0.1) is 31.0 Å². The molecule has 1 amide bonds. The minimum atomic E-state index is -0.306. The van der Waals surface area contributed by atoms with Crippen LogP contribution in [0.1, 0.15) is 43.1 Å². The highest BCUT2D eigenvalue weighted by molar-refractivity contribution is 7.99. The molecule has 0 bridgehead atoms. The summed E-state index contributed by atoms with van der Waals surface area (Å²) in [5.41, 5.74) is 5.43. The molecule has 0 atom stereocenters. The number of hydrogen-bond acceptors (Lipinski definition) is 6. The first-order chi connectivity index (χ1) is 14.5. The Morgan fingerprint density at radius 1 is 1.33 bits per heavy atom. The quantitative estimate of drug-likeness (QED) is 0.296. The van der Waals surface area contributed by atoms with Crippen molar-refractivity contribution >= 4 is 34.9 Å². The lowest BCUT2D eigenvalue weighted by Gasteiger charge is -2.12. The maximum Gasteiger partial charge on any atom is 0.271 e. The zero-order valence-corrected chi connectivity index (χ0v) is 18.4. The monoisotopic (exact) mass is 426 g/mol. The molecule has 1 heterocycles. The van der Waals surface area contributed by atoms with Crippen molar-refractivity contribution in [3.63, 3.8) is 0 Å². The molecule has 1 aromatic heterocycles. The Bertz CT molecular complexity index is 1050. The van der Waals surface area contributed by atoms with Crippen LogP contribution in [0.25, 0.3) is 11.0 Å². The van der Waals surface area contributed by atoms with E-state index in [1.165, 1.54) is 0 Å². The van der Waals surface area contributed by atoms with Crippen molar-refractivity contribution in [3.05, 3.63) is 47.5 Å². The van der Waals surface area contributed by atoms with Gasteiger partial charge in [-0.2, -0.15) is 5.10 Å². The Morgan fingerprint density at radius 2 is 2.17 bits per heavy atom. The third-order valence-electron chi connectivity index (χ3n) is 4.12. The third kappa shape index (κ3) is 5.33. The Morgan fingerprint density at radius 3 is 2.90 bits per heavy atom. The van der Waals surface area contributed by atoms with E-state index in [0.29, 0.717) is 28.9 Å². The van der Waals surface area contributed by atoms with Gasteiger partial charge in [0, 0.05) is 16.4 Å². The molecule has 158 valence electrons. The number of para-hydroxylation sites is 1. The van der Waals surface area contributed by atoms with Gasteiger partial charge in [-0.05, 0) is 36.8 Å². The van der Waals surface area contributed by atoms with Gasteiger partial charge in [0.1, 0.15) is 0 Å². The predicted molar refractivity (Wildman–Crippen MR) is 121 cm³/mol. The number of rotatable bonds is 9. The van der Waals surface area contributed by atoms with Gasteiger partial charge in [-0.1, -0.05) is 38.6 Å². The second-order valence-corrected chi connectivity index (χ2v) is 8.43. The number of methoxy groups -OCH3 is 1. The number of amides is 1. The zero-order chi connectivity index (χ0) is 21.5. The molecule has 0 aliphatic heterocycles. The fraction of sp³-hybridized carbons (Fsp3) is 0.318. The van der Waals surface area contributed by atoms with E-state index in [4.69, 9.17) is 9.47 Å². The number of aromatic nitrogens is 2. The van der Waals surface area contributed by atoms with Crippen molar-refractivity contribution in [2.75, 3.05) is 13.7 Å². The molecule has 0 aliphatic rings. The first kappa shape index (κ1) is 21.7. The molecular formula is C22H26N4O3S. The number of hydrogen-bond donors (Lipinski definition) is 2. The molecule has 0 aliphatic carbocycles. The van der Waals surface area contributed by atoms with E-state index in [1.54, 1.807) is 37.2 Å². The van der Waals surface area contributed by atoms with Crippen LogP contribution in [0.3, 0.4) is 0 Å². The number of imidazole rings is 1. The van der Waals surface area contributed by atoms with Crippen molar-refractivity contribution in [1.82, 2.24) is 15.4 Å². The molecule has 0 unspecified atom stereocenters. The van der Waals surface area contributed by atoms with E-state index >= 15 is 0 Å². The molecule has 3 rings (SSSR count). The molecule has 0 spiro atoms. The smallest absolute Gasteiger partial charge is 0.271 e. The lowest BCUT2D eigenvalue weighted by Crippen LogP contribution is -2.17. The number of aromatic amines is 1. The first-order valence-corrected chi connectivity index (χ1v) is 10.7. The van der Waals surface area contributed by atoms with Gasteiger partial charge in [-0.3, -0.25) is 4.79 Å². The SMILES string of the molecule is CCCOc1c(/C=N\NC(=O)c2ccc3nc(SC(C)C)[nH]c3c2)cccc1OC. The van der Waals surface area contributed by atoms with Crippen LogP contribution in [-0.2, 0) is 0 Å². The fourth-order valence-electron chi connectivity index (χ4n) is 2.79. The molecule has 30 heavy (non-hydrogen) atoms. The van der Waals surface area contributed by atoms with Crippen molar-refractivity contribution in [3.8, 4) is 11.5 Å². The number of fused-ring (bicyclic) bond motifs is 1. The number of carbonyl (C=O) groups is 1. The second-order valence-electron chi connectivity index (χ2n) is 6.87. The average Bonchev–Trinajstić information content (AvgIpc) is 3.12. The molecule has 0 saturated heterocycles. The van der Waals surface area contributed by atoms with Gasteiger partial charge in [0.2, 0.25) is 0 Å². The number of H-pyrrole nitrogens is 1. The van der Waals surface area contributed by atoms with Crippen LogP contribution >= 0.6 is 11.8 Å². The normalized spacial score (nSPS) is 11.4. The number of thioether (sulfide) groups is 1. The summed E-state index contributed by atoms with van der Waals surface area (Å²) in [6.45, 7) is 6.81. The van der Waals surface area contributed by atoms with Gasteiger partial charge in [-0.15, -0.1) is 0 Å². The lowest BCUT2D eigenvalue weighted by molar-refractivity contribution is 0.0955. The van der Waals surface area contributed by atoms with Crippen molar-refractivity contribution in [2.24, 2.45) is 5.10 Å². The highest BCUT2D eigenvalue weighted by Gasteiger charge is 2.11. The van der Waals surface area contributed by atoms with E-state index in [2.05, 4.69) is 34.3 Å². The maximum atomic E-state index is 12.5. The molecule has 7 nitrogen and oxygen atoms in total. The summed E-state index contributed by atoms with van der Waals surface area (Å²) in [6, 6.07) is 10.9. The summed E-state index contributed by atoms with van der Waals surface area (Å²) in [4.78, 5) is 20.3.